The van der Waals surface area contributed by atoms with E-state index in [0.717, 1.165) is 0 Å². The number of hydrogen-bond acceptors (Lipinski definition) is 3. The van der Waals surface area contributed by atoms with Crippen molar-refractivity contribution in [3.63, 3.8) is 0 Å². The van der Waals surface area contributed by atoms with Gasteiger partial charge in [-0.2, -0.15) is 5.90 Å². The molecule has 0 saturated carbocycles. The van der Waals surface area contributed by atoms with E-state index in [0.29, 0.717) is 0 Å². The van der Waals surface area contributed by atoms with Crippen LogP contribution >= 0.6 is 0 Å². The third-order valence-electron chi connectivity index (χ3n) is 0.101. The molecule has 0 aromatic rings. The Morgan fingerprint density at radius 1 is 1.83 bits per heavy atom. The fourth-order valence-corrected chi connectivity index (χ4v) is 0. The zero-order valence-electron chi connectivity index (χ0n) is 2.34. The second-order valence-corrected chi connectivity index (χ2v) is 0.384. The molecule has 3 N–H and O–H groups in total. The number of carbonyl (C=O) groups is 1. The zero-order chi connectivity index (χ0) is 4.28. The molecule has 0 aromatic carbocycles. The van der Waals surface area contributed by atoms with Gasteiger partial charge in [0.1, 0.15) is 0 Å². The van der Waals surface area contributed by atoms with Crippen LogP contribution in [0, 0.1) is 0 Å². The molecule has 0 aliphatic heterocycles. The van der Waals surface area contributed by atoms with Crippen LogP contribution in [0.4, 0.5) is 4.79 Å². The van der Waals surface area contributed by atoms with Crippen molar-refractivity contribution in [2.24, 2.45) is 5.90 Å². The Labute approximate surface area is 50.4 Å². The molecule has 4 nitrogen and oxygen atoms in total. The van der Waals surface area contributed by atoms with E-state index >= 15 is 0 Å². The first-order valence-corrected chi connectivity index (χ1v) is 0.868. The van der Waals surface area contributed by atoms with Crippen LogP contribution in [0.1, 0.15) is 0 Å². The summed E-state index contributed by atoms with van der Waals surface area (Å²) in [6.45, 7) is 0. The molecule has 0 unspecified atom stereocenters. The van der Waals surface area contributed by atoms with Crippen LogP contribution in [-0.4, -0.2) is 34.3 Å². The molecule has 0 spiro atoms. The van der Waals surface area contributed by atoms with Gasteiger partial charge in [0.15, 0.2) is 0 Å². The molecule has 0 aliphatic carbocycles. The summed E-state index contributed by atoms with van der Waals surface area (Å²) in [5.41, 5.74) is 0. The minimum atomic E-state index is -1.47. The fourth-order valence-electron chi connectivity index (χ4n) is 0. The summed E-state index contributed by atoms with van der Waals surface area (Å²) in [7, 11) is 0. The largest absolute Gasteiger partial charge is 0.524 e. The molecular formula is CH5MgNO3. The maximum Gasteiger partial charge on any atom is 0.524 e. The number of nitrogens with two attached hydrogens (primary N) is 1. The second kappa shape index (κ2) is 5.00. The third kappa shape index (κ3) is 9.00. The van der Waals surface area contributed by atoms with Crippen molar-refractivity contribution in [3.05, 3.63) is 0 Å². The lowest BCUT2D eigenvalue weighted by Gasteiger charge is -1.77. The van der Waals surface area contributed by atoms with Gasteiger partial charge in [0.05, 0.1) is 0 Å². The SMILES string of the molecule is NOC(=O)O.[MgH2]. The molecule has 5 heteroatoms. The average Bonchev–Trinajstić information content (AvgIpc) is 1.38. The van der Waals surface area contributed by atoms with Gasteiger partial charge in [-0.1, -0.05) is 0 Å². The van der Waals surface area contributed by atoms with Crippen LogP contribution in [-0.2, 0) is 4.84 Å². The van der Waals surface area contributed by atoms with E-state index in [9.17, 15) is 0 Å². The van der Waals surface area contributed by atoms with Crippen LogP contribution in [0.5, 0.6) is 0 Å². The second-order valence-electron chi connectivity index (χ2n) is 0.384. The van der Waals surface area contributed by atoms with E-state index in [1.54, 1.807) is 0 Å². The van der Waals surface area contributed by atoms with Crippen molar-refractivity contribution in [1.82, 2.24) is 0 Å². The minimum absolute atomic E-state index is 0. The number of rotatable bonds is 0. The van der Waals surface area contributed by atoms with Crippen molar-refractivity contribution in [2.75, 3.05) is 0 Å². The summed E-state index contributed by atoms with van der Waals surface area (Å²) < 4.78 is 0. The standard InChI is InChI=1S/CH3NO3.Mg.2H/c2-5-1(3)4;;;/h2H2,(H,3,4);;;. The van der Waals surface area contributed by atoms with Crippen molar-refractivity contribution in [3.8, 4) is 0 Å². The molecule has 0 aromatic heterocycles. The molecular weight excluding hydrogens is 98.3 g/mol. The van der Waals surface area contributed by atoms with Crippen molar-refractivity contribution >= 4 is 29.2 Å². The topological polar surface area (TPSA) is 72.5 Å². The monoisotopic (exact) mass is 103 g/mol. The molecule has 0 heterocycles. The molecule has 0 bridgehead atoms. The lowest BCUT2D eigenvalue weighted by Crippen LogP contribution is -2.04. The van der Waals surface area contributed by atoms with Gasteiger partial charge < -0.3 is 9.94 Å². The summed E-state index contributed by atoms with van der Waals surface area (Å²) in [6, 6.07) is 0. The minimum Gasteiger partial charge on any atom is -0.448 e. The zero-order valence-corrected chi connectivity index (χ0v) is 2.34. The van der Waals surface area contributed by atoms with E-state index in [4.69, 9.17) is 9.90 Å². The predicted molar refractivity (Wildman–Crippen MR) is 21.8 cm³/mol. The number of hydrogen-bond donors (Lipinski definition) is 2. The van der Waals surface area contributed by atoms with Crippen LogP contribution in [0.25, 0.3) is 0 Å². The van der Waals surface area contributed by atoms with E-state index in [-0.39, 0.29) is 23.1 Å². The molecule has 0 radical (unpaired) electrons. The normalized spacial score (nSPS) is 5.50. The fraction of sp³-hybridized carbons (Fsp3) is 0. The van der Waals surface area contributed by atoms with Gasteiger partial charge in [-0.3, -0.25) is 0 Å². The molecule has 0 fully saturated rings. The highest BCUT2D eigenvalue weighted by Crippen LogP contribution is 1.55. The molecule has 0 rings (SSSR count). The summed E-state index contributed by atoms with van der Waals surface area (Å²) >= 11 is 0. The Kier molecular flexibility index (Phi) is 7.80. The van der Waals surface area contributed by atoms with E-state index in [2.05, 4.69) is 10.7 Å². The Balaban J connectivity index is 0. The van der Waals surface area contributed by atoms with E-state index in [1.165, 1.54) is 0 Å². The average molecular weight is 103 g/mol. The first-order chi connectivity index (χ1) is 2.27. The molecule has 0 amide bonds. The summed E-state index contributed by atoms with van der Waals surface area (Å²) in [5.74, 6) is 4.07. The molecule has 0 atom stereocenters. The van der Waals surface area contributed by atoms with Gasteiger partial charge >= 0.3 is 29.2 Å². The summed E-state index contributed by atoms with van der Waals surface area (Å²) in [6.07, 6.45) is -1.47. The van der Waals surface area contributed by atoms with Crippen LogP contribution in [0.15, 0.2) is 0 Å². The highest BCUT2D eigenvalue weighted by atomic mass is 24.3. The van der Waals surface area contributed by atoms with Crippen molar-refractivity contribution in [2.45, 2.75) is 0 Å². The Morgan fingerprint density at radius 3 is 2.00 bits per heavy atom. The van der Waals surface area contributed by atoms with Crippen molar-refractivity contribution < 1.29 is 14.7 Å². The van der Waals surface area contributed by atoms with Gasteiger partial charge in [0.25, 0.3) is 0 Å². The highest BCUT2D eigenvalue weighted by molar-refractivity contribution is 5.75. The first kappa shape index (κ1) is 9.37. The van der Waals surface area contributed by atoms with Gasteiger partial charge in [0.2, 0.25) is 0 Å². The molecule has 0 saturated heterocycles. The maximum absolute atomic E-state index is 9.02. The molecule has 6 heavy (non-hydrogen) atoms. The third-order valence-corrected chi connectivity index (χ3v) is 0.101. The number of carboxylic acid groups (broad SMARTS) is 1. The Hall–Kier alpha value is -0.00377. The van der Waals surface area contributed by atoms with Gasteiger partial charge in [-0.25, -0.2) is 4.79 Å². The molecule has 34 valence electrons. The quantitative estimate of drug-likeness (QED) is 0.293. The lowest BCUT2D eigenvalue weighted by molar-refractivity contribution is 0.0921. The van der Waals surface area contributed by atoms with Gasteiger partial charge in [-0.05, 0) is 0 Å². The Bertz CT molecular complexity index is 46.1. The van der Waals surface area contributed by atoms with E-state index < -0.39 is 6.16 Å². The van der Waals surface area contributed by atoms with Gasteiger partial charge in [0, 0.05) is 0 Å². The van der Waals surface area contributed by atoms with E-state index in [1.807, 2.05) is 0 Å². The first-order valence-electron chi connectivity index (χ1n) is 0.868. The molecule has 0 aliphatic rings. The van der Waals surface area contributed by atoms with Gasteiger partial charge in [-0.15, -0.1) is 0 Å². The smallest absolute Gasteiger partial charge is 0.448 e. The van der Waals surface area contributed by atoms with Crippen LogP contribution in [0.2, 0.25) is 0 Å². The van der Waals surface area contributed by atoms with Crippen molar-refractivity contribution in [1.29, 1.82) is 0 Å². The Morgan fingerprint density at radius 2 is 2.00 bits per heavy atom. The maximum atomic E-state index is 9.02. The lowest BCUT2D eigenvalue weighted by atomic mass is 11.4. The summed E-state index contributed by atoms with van der Waals surface area (Å²) in [5, 5.41) is 7.38. The predicted octanol–water partition coefficient (Wildman–Crippen LogP) is -1.36. The summed E-state index contributed by atoms with van der Waals surface area (Å²) in [4.78, 5) is 12.2. The highest BCUT2D eigenvalue weighted by Gasteiger charge is 1.82. The van der Waals surface area contributed by atoms with Crippen LogP contribution in [0.3, 0.4) is 0 Å². The van der Waals surface area contributed by atoms with Crippen LogP contribution < -0.4 is 5.90 Å².